The Morgan fingerprint density at radius 2 is 2.31 bits per heavy atom. The van der Waals surface area contributed by atoms with Gasteiger partial charge in [0.15, 0.2) is 0 Å². The SMILES string of the molecule is CNC(=O)[C@@H]1CCCN1C[C@H]1CC=CCC1. The van der Waals surface area contributed by atoms with E-state index >= 15 is 0 Å². The molecule has 0 radical (unpaired) electrons. The zero-order chi connectivity index (χ0) is 11.4. The molecule has 1 aliphatic carbocycles. The first-order valence-electron chi connectivity index (χ1n) is 6.42. The summed E-state index contributed by atoms with van der Waals surface area (Å²) in [6.07, 6.45) is 10.5. The third-order valence-electron chi connectivity index (χ3n) is 3.78. The minimum atomic E-state index is 0.135. The lowest BCUT2D eigenvalue weighted by molar-refractivity contribution is -0.125. The normalized spacial score (nSPS) is 30.6. The van der Waals surface area contributed by atoms with E-state index in [1.165, 1.54) is 25.7 Å². The molecule has 2 rings (SSSR count). The van der Waals surface area contributed by atoms with Crippen LogP contribution in [0, 0.1) is 5.92 Å². The van der Waals surface area contributed by atoms with E-state index in [1.807, 2.05) is 0 Å². The molecule has 1 saturated heterocycles. The summed E-state index contributed by atoms with van der Waals surface area (Å²) in [4.78, 5) is 14.1. The van der Waals surface area contributed by atoms with Crippen molar-refractivity contribution in [3.8, 4) is 0 Å². The number of carbonyl (C=O) groups is 1. The van der Waals surface area contributed by atoms with Crippen molar-refractivity contribution in [1.82, 2.24) is 10.2 Å². The highest BCUT2D eigenvalue weighted by molar-refractivity contribution is 5.81. The number of amides is 1. The molecule has 0 bridgehead atoms. The predicted octanol–water partition coefficient (Wildman–Crippen LogP) is 1.55. The van der Waals surface area contributed by atoms with Gasteiger partial charge in [0.05, 0.1) is 6.04 Å². The molecule has 3 nitrogen and oxygen atoms in total. The summed E-state index contributed by atoms with van der Waals surface area (Å²) in [5, 5.41) is 2.78. The number of allylic oxidation sites excluding steroid dienone is 2. The van der Waals surface area contributed by atoms with Gasteiger partial charge < -0.3 is 5.32 Å². The molecule has 0 aromatic rings. The van der Waals surface area contributed by atoms with E-state index in [2.05, 4.69) is 22.4 Å². The third-order valence-corrected chi connectivity index (χ3v) is 3.78. The maximum atomic E-state index is 11.7. The monoisotopic (exact) mass is 222 g/mol. The lowest BCUT2D eigenvalue weighted by Gasteiger charge is -2.28. The molecule has 0 spiro atoms. The molecule has 2 atom stereocenters. The molecule has 1 heterocycles. The van der Waals surface area contributed by atoms with Gasteiger partial charge in [-0.2, -0.15) is 0 Å². The highest BCUT2D eigenvalue weighted by Gasteiger charge is 2.31. The average Bonchev–Trinajstić information content (AvgIpc) is 2.77. The summed E-state index contributed by atoms with van der Waals surface area (Å²) in [5.41, 5.74) is 0. The van der Waals surface area contributed by atoms with Crippen LogP contribution in [0.3, 0.4) is 0 Å². The number of carbonyl (C=O) groups excluding carboxylic acids is 1. The van der Waals surface area contributed by atoms with Gasteiger partial charge in [0.2, 0.25) is 5.91 Å². The van der Waals surface area contributed by atoms with Crippen LogP contribution in [0.15, 0.2) is 12.2 Å². The van der Waals surface area contributed by atoms with Crippen LogP contribution in [0.4, 0.5) is 0 Å². The van der Waals surface area contributed by atoms with E-state index in [0.717, 1.165) is 25.4 Å². The number of hydrogen-bond acceptors (Lipinski definition) is 2. The fourth-order valence-electron chi connectivity index (χ4n) is 2.86. The van der Waals surface area contributed by atoms with Crippen molar-refractivity contribution in [3.05, 3.63) is 12.2 Å². The van der Waals surface area contributed by atoms with Gasteiger partial charge in [0, 0.05) is 13.6 Å². The van der Waals surface area contributed by atoms with Crippen LogP contribution in [0.5, 0.6) is 0 Å². The molecule has 1 N–H and O–H groups in total. The fourth-order valence-corrected chi connectivity index (χ4v) is 2.86. The van der Waals surface area contributed by atoms with Crippen molar-refractivity contribution in [2.75, 3.05) is 20.1 Å². The third kappa shape index (κ3) is 2.64. The highest BCUT2D eigenvalue weighted by Crippen LogP contribution is 2.24. The van der Waals surface area contributed by atoms with E-state index in [0.29, 0.717) is 0 Å². The first-order chi connectivity index (χ1) is 7.81. The Morgan fingerprint density at radius 3 is 3.00 bits per heavy atom. The molecular formula is C13H22N2O. The van der Waals surface area contributed by atoms with Gasteiger partial charge in [-0.15, -0.1) is 0 Å². The molecule has 90 valence electrons. The minimum absolute atomic E-state index is 0.135. The molecule has 0 unspecified atom stereocenters. The van der Waals surface area contributed by atoms with Crippen molar-refractivity contribution < 1.29 is 4.79 Å². The maximum absolute atomic E-state index is 11.7. The topological polar surface area (TPSA) is 32.3 Å². The second kappa shape index (κ2) is 5.48. The summed E-state index contributed by atoms with van der Waals surface area (Å²) in [7, 11) is 1.74. The molecule has 1 aliphatic heterocycles. The fraction of sp³-hybridized carbons (Fsp3) is 0.769. The Morgan fingerprint density at radius 1 is 1.44 bits per heavy atom. The number of rotatable bonds is 3. The summed E-state index contributed by atoms with van der Waals surface area (Å²) in [6, 6.07) is 0.135. The van der Waals surface area contributed by atoms with Gasteiger partial charge in [-0.3, -0.25) is 9.69 Å². The molecular weight excluding hydrogens is 200 g/mol. The van der Waals surface area contributed by atoms with Crippen LogP contribution in [0.2, 0.25) is 0 Å². The van der Waals surface area contributed by atoms with E-state index in [9.17, 15) is 4.79 Å². The highest BCUT2D eigenvalue weighted by atomic mass is 16.2. The van der Waals surface area contributed by atoms with E-state index < -0.39 is 0 Å². The molecule has 1 amide bonds. The Labute approximate surface area is 97.9 Å². The molecule has 0 aromatic carbocycles. The zero-order valence-electron chi connectivity index (χ0n) is 10.1. The van der Waals surface area contributed by atoms with Crippen LogP contribution in [-0.4, -0.2) is 37.0 Å². The second-order valence-corrected chi connectivity index (χ2v) is 4.92. The van der Waals surface area contributed by atoms with Crippen molar-refractivity contribution in [2.45, 2.75) is 38.1 Å². The molecule has 3 heteroatoms. The summed E-state index contributed by atoms with van der Waals surface area (Å²) >= 11 is 0. The average molecular weight is 222 g/mol. The number of likely N-dealkylation sites (N-methyl/N-ethyl adjacent to an activating group) is 1. The van der Waals surface area contributed by atoms with Gasteiger partial charge in [-0.1, -0.05) is 12.2 Å². The van der Waals surface area contributed by atoms with Crippen molar-refractivity contribution in [3.63, 3.8) is 0 Å². The molecule has 2 aliphatic rings. The van der Waals surface area contributed by atoms with Gasteiger partial charge >= 0.3 is 0 Å². The van der Waals surface area contributed by atoms with Gasteiger partial charge in [0.25, 0.3) is 0 Å². The van der Waals surface area contributed by atoms with Gasteiger partial charge in [-0.25, -0.2) is 0 Å². The predicted molar refractivity (Wildman–Crippen MR) is 65.1 cm³/mol. The Kier molecular flexibility index (Phi) is 3.99. The Hall–Kier alpha value is -0.830. The summed E-state index contributed by atoms with van der Waals surface area (Å²) in [5.74, 6) is 0.958. The lowest BCUT2D eigenvalue weighted by atomic mass is 9.94. The zero-order valence-corrected chi connectivity index (χ0v) is 10.1. The van der Waals surface area contributed by atoms with E-state index in [4.69, 9.17) is 0 Å². The summed E-state index contributed by atoms with van der Waals surface area (Å²) < 4.78 is 0. The smallest absolute Gasteiger partial charge is 0.237 e. The first kappa shape index (κ1) is 11.6. The van der Waals surface area contributed by atoms with Crippen molar-refractivity contribution in [1.29, 1.82) is 0 Å². The maximum Gasteiger partial charge on any atom is 0.237 e. The molecule has 0 saturated carbocycles. The molecule has 16 heavy (non-hydrogen) atoms. The number of hydrogen-bond donors (Lipinski definition) is 1. The molecule has 0 aromatic heterocycles. The van der Waals surface area contributed by atoms with E-state index in [1.54, 1.807) is 7.05 Å². The lowest BCUT2D eigenvalue weighted by Crippen LogP contribution is -2.43. The van der Waals surface area contributed by atoms with Gasteiger partial charge in [0.1, 0.15) is 0 Å². The van der Waals surface area contributed by atoms with Crippen LogP contribution in [0.1, 0.15) is 32.1 Å². The largest absolute Gasteiger partial charge is 0.358 e. The van der Waals surface area contributed by atoms with Crippen LogP contribution in [-0.2, 0) is 4.79 Å². The number of nitrogens with zero attached hydrogens (tertiary/aromatic N) is 1. The quantitative estimate of drug-likeness (QED) is 0.735. The van der Waals surface area contributed by atoms with Crippen LogP contribution in [0.25, 0.3) is 0 Å². The van der Waals surface area contributed by atoms with Crippen molar-refractivity contribution in [2.24, 2.45) is 5.92 Å². The molecule has 1 fully saturated rings. The van der Waals surface area contributed by atoms with Gasteiger partial charge in [-0.05, 0) is 44.6 Å². The Bertz CT molecular complexity index is 275. The van der Waals surface area contributed by atoms with Crippen LogP contribution >= 0.6 is 0 Å². The minimum Gasteiger partial charge on any atom is -0.358 e. The number of nitrogens with one attached hydrogen (secondary N) is 1. The summed E-state index contributed by atoms with van der Waals surface area (Å²) in [6.45, 7) is 2.20. The van der Waals surface area contributed by atoms with E-state index in [-0.39, 0.29) is 11.9 Å². The number of likely N-dealkylation sites (tertiary alicyclic amines) is 1. The van der Waals surface area contributed by atoms with Crippen LogP contribution < -0.4 is 5.32 Å². The standard InChI is InChI=1S/C13H22N2O/c1-14-13(16)12-8-5-9-15(12)10-11-6-3-2-4-7-11/h2-3,11-12H,4-10H2,1H3,(H,14,16)/t11-,12-/m0/s1. The first-order valence-corrected chi connectivity index (χ1v) is 6.42. The second-order valence-electron chi connectivity index (χ2n) is 4.92. The Balaban J connectivity index is 1.88. The van der Waals surface area contributed by atoms with Crippen molar-refractivity contribution >= 4 is 5.91 Å².